The van der Waals surface area contributed by atoms with Crippen LogP contribution in [-0.4, -0.2) is 15.7 Å². The first-order chi connectivity index (χ1) is 15.0. The average molecular weight is 414 g/mol. The van der Waals surface area contributed by atoms with Crippen LogP contribution >= 0.6 is 0 Å². The maximum absolute atomic E-state index is 13.0. The molecule has 0 fully saturated rings. The van der Waals surface area contributed by atoms with E-state index in [1.54, 1.807) is 24.3 Å². The monoisotopic (exact) mass is 414 g/mol. The number of hydrogen-bond acceptors (Lipinski definition) is 4. The van der Waals surface area contributed by atoms with Crippen LogP contribution in [0.25, 0.3) is 10.8 Å². The minimum atomic E-state index is -0.529. The first-order valence-electron chi connectivity index (χ1n) is 9.92. The number of nitrogens with one attached hydrogen (secondary N) is 1. The third kappa shape index (κ3) is 4.28. The molecule has 0 radical (unpaired) electrons. The van der Waals surface area contributed by atoms with Gasteiger partial charge in [-0.15, -0.1) is 4.73 Å². The molecule has 0 aliphatic carbocycles. The van der Waals surface area contributed by atoms with Gasteiger partial charge in [0, 0.05) is 11.9 Å². The molecule has 1 aromatic heterocycles. The molecule has 0 saturated heterocycles. The Labute approximate surface area is 179 Å². The fourth-order valence-electron chi connectivity index (χ4n) is 3.35. The van der Waals surface area contributed by atoms with Crippen LogP contribution in [0.1, 0.15) is 27.0 Å². The van der Waals surface area contributed by atoms with Crippen molar-refractivity contribution < 1.29 is 14.7 Å². The highest BCUT2D eigenvalue weighted by Crippen LogP contribution is 2.24. The van der Waals surface area contributed by atoms with Gasteiger partial charge in [-0.3, -0.25) is 9.59 Å². The highest BCUT2D eigenvalue weighted by molar-refractivity contribution is 6.08. The Morgan fingerprint density at radius 3 is 2.26 bits per heavy atom. The van der Waals surface area contributed by atoms with Crippen molar-refractivity contribution in [3.63, 3.8) is 0 Å². The zero-order valence-corrected chi connectivity index (χ0v) is 17.0. The highest BCUT2D eigenvalue weighted by atomic mass is 16.7. The van der Waals surface area contributed by atoms with Crippen LogP contribution in [-0.2, 0) is 13.2 Å². The molecular formula is C25H22N2O4. The molecule has 3 aromatic carbocycles. The molecule has 0 saturated carbocycles. The number of nitrogens with zero attached hydrogens (tertiary/aromatic N) is 1. The second-order valence-electron chi connectivity index (χ2n) is 7.27. The van der Waals surface area contributed by atoms with Crippen molar-refractivity contribution in [1.29, 1.82) is 0 Å². The molecule has 1 amide bonds. The van der Waals surface area contributed by atoms with Crippen molar-refractivity contribution in [2.75, 3.05) is 0 Å². The van der Waals surface area contributed by atoms with Gasteiger partial charge < -0.3 is 15.3 Å². The van der Waals surface area contributed by atoms with Crippen LogP contribution in [0.5, 0.6) is 5.88 Å². The van der Waals surface area contributed by atoms with E-state index in [2.05, 4.69) is 5.32 Å². The van der Waals surface area contributed by atoms with Gasteiger partial charge in [0.25, 0.3) is 11.5 Å². The molecule has 0 atom stereocenters. The van der Waals surface area contributed by atoms with Gasteiger partial charge in [-0.05, 0) is 24.1 Å². The van der Waals surface area contributed by atoms with Gasteiger partial charge in [0.2, 0.25) is 5.88 Å². The summed E-state index contributed by atoms with van der Waals surface area (Å²) in [5, 5.41) is 14.3. The van der Waals surface area contributed by atoms with E-state index in [0.29, 0.717) is 5.39 Å². The van der Waals surface area contributed by atoms with Crippen molar-refractivity contribution in [2.45, 2.75) is 20.1 Å². The van der Waals surface area contributed by atoms with Gasteiger partial charge in [0.15, 0.2) is 0 Å². The predicted molar refractivity (Wildman–Crippen MR) is 119 cm³/mol. The van der Waals surface area contributed by atoms with E-state index in [1.807, 2.05) is 61.5 Å². The largest absolute Gasteiger partial charge is 0.492 e. The van der Waals surface area contributed by atoms with Gasteiger partial charge in [-0.25, -0.2) is 0 Å². The van der Waals surface area contributed by atoms with E-state index in [9.17, 15) is 14.7 Å². The van der Waals surface area contributed by atoms with E-state index in [4.69, 9.17) is 4.84 Å². The Bertz CT molecular complexity index is 1280. The molecule has 31 heavy (non-hydrogen) atoms. The lowest BCUT2D eigenvalue weighted by molar-refractivity contribution is 0.0698. The van der Waals surface area contributed by atoms with Crippen LogP contribution < -0.4 is 15.7 Å². The lowest BCUT2D eigenvalue weighted by Gasteiger charge is -2.16. The maximum Gasteiger partial charge on any atom is 0.294 e. The standard InChI is InChI=1S/C25H22N2O4/c1-17-11-13-18(14-12-17)15-26-23(28)22-20-9-5-6-10-21(20)24(29)27(25(22)30)31-16-19-7-3-2-4-8-19/h2-14,30H,15-16H2,1H3,(H,26,28). The maximum atomic E-state index is 13.0. The molecule has 0 bridgehead atoms. The molecule has 2 N–H and O–H groups in total. The molecule has 0 unspecified atom stereocenters. The predicted octanol–water partition coefficient (Wildman–Crippen LogP) is 3.57. The van der Waals surface area contributed by atoms with Crippen molar-refractivity contribution in [1.82, 2.24) is 10.0 Å². The Hall–Kier alpha value is -4.06. The van der Waals surface area contributed by atoms with E-state index in [-0.39, 0.29) is 24.1 Å². The first kappa shape index (κ1) is 20.2. The van der Waals surface area contributed by atoms with E-state index < -0.39 is 17.3 Å². The minimum absolute atomic E-state index is 0.00428. The van der Waals surface area contributed by atoms with Crippen molar-refractivity contribution in [3.8, 4) is 5.88 Å². The van der Waals surface area contributed by atoms with Gasteiger partial charge in [0.05, 0.1) is 5.39 Å². The van der Waals surface area contributed by atoms with Crippen molar-refractivity contribution in [3.05, 3.63) is 111 Å². The molecule has 6 heteroatoms. The van der Waals surface area contributed by atoms with E-state index in [1.165, 1.54) is 0 Å². The second kappa shape index (κ2) is 8.75. The lowest BCUT2D eigenvalue weighted by atomic mass is 10.1. The summed E-state index contributed by atoms with van der Waals surface area (Å²) in [4.78, 5) is 31.5. The minimum Gasteiger partial charge on any atom is -0.492 e. The fourth-order valence-corrected chi connectivity index (χ4v) is 3.35. The van der Waals surface area contributed by atoms with E-state index >= 15 is 0 Å². The summed E-state index contributed by atoms with van der Waals surface area (Å²) >= 11 is 0. The lowest BCUT2D eigenvalue weighted by Crippen LogP contribution is -2.31. The smallest absolute Gasteiger partial charge is 0.294 e. The molecule has 4 rings (SSSR count). The number of aryl methyl sites for hydroxylation is 1. The molecule has 6 nitrogen and oxygen atoms in total. The quantitative estimate of drug-likeness (QED) is 0.505. The van der Waals surface area contributed by atoms with Gasteiger partial charge >= 0.3 is 0 Å². The van der Waals surface area contributed by atoms with Crippen LogP contribution in [0.15, 0.2) is 83.7 Å². The normalized spacial score (nSPS) is 10.7. The zero-order chi connectivity index (χ0) is 21.8. The summed E-state index contributed by atoms with van der Waals surface area (Å²) < 4.78 is 0.788. The summed E-state index contributed by atoms with van der Waals surface area (Å²) in [7, 11) is 0. The number of aromatic hydroxyl groups is 1. The van der Waals surface area contributed by atoms with Gasteiger partial charge in [-0.2, -0.15) is 0 Å². The number of carbonyl (C=O) groups excluding carboxylic acids is 1. The molecule has 156 valence electrons. The number of hydrogen-bond donors (Lipinski definition) is 2. The number of rotatable bonds is 6. The summed E-state index contributed by atoms with van der Waals surface area (Å²) in [5.41, 5.74) is 2.35. The van der Waals surface area contributed by atoms with Gasteiger partial charge in [-0.1, -0.05) is 78.4 Å². The molecule has 0 spiro atoms. The second-order valence-corrected chi connectivity index (χ2v) is 7.27. The molecule has 0 aliphatic rings. The Kier molecular flexibility index (Phi) is 5.71. The highest BCUT2D eigenvalue weighted by Gasteiger charge is 2.22. The summed E-state index contributed by atoms with van der Waals surface area (Å²) in [6, 6.07) is 23.7. The summed E-state index contributed by atoms with van der Waals surface area (Å²) in [6.45, 7) is 2.35. The fraction of sp³-hybridized carbons (Fsp3) is 0.120. The first-order valence-corrected chi connectivity index (χ1v) is 9.92. The Morgan fingerprint density at radius 2 is 1.55 bits per heavy atom. The zero-order valence-electron chi connectivity index (χ0n) is 17.0. The topological polar surface area (TPSA) is 80.6 Å². The van der Waals surface area contributed by atoms with Crippen LogP contribution in [0.2, 0.25) is 0 Å². The van der Waals surface area contributed by atoms with Crippen molar-refractivity contribution in [2.24, 2.45) is 0 Å². The number of aromatic nitrogens is 1. The number of fused-ring (bicyclic) bond motifs is 1. The number of carbonyl (C=O) groups is 1. The third-order valence-corrected chi connectivity index (χ3v) is 5.03. The van der Waals surface area contributed by atoms with Crippen LogP contribution in [0.3, 0.4) is 0 Å². The average Bonchev–Trinajstić information content (AvgIpc) is 2.79. The summed E-state index contributed by atoms with van der Waals surface area (Å²) in [6.07, 6.45) is 0. The number of benzene rings is 3. The molecule has 0 aliphatic heterocycles. The number of amides is 1. The number of pyridine rings is 1. The molecule has 1 heterocycles. The van der Waals surface area contributed by atoms with Crippen LogP contribution in [0.4, 0.5) is 0 Å². The molecule has 4 aromatic rings. The van der Waals surface area contributed by atoms with Gasteiger partial charge in [0.1, 0.15) is 12.2 Å². The van der Waals surface area contributed by atoms with Crippen LogP contribution in [0, 0.1) is 6.92 Å². The Balaban J connectivity index is 1.68. The Morgan fingerprint density at radius 1 is 0.903 bits per heavy atom. The van der Waals surface area contributed by atoms with E-state index in [0.717, 1.165) is 21.4 Å². The van der Waals surface area contributed by atoms with Crippen molar-refractivity contribution >= 4 is 16.7 Å². The summed E-state index contributed by atoms with van der Waals surface area (Å²) in [5.74, 6) is -1.02. The third-order valence-electron chi connectivity index (χ3n) is 5.03. The molecular weight excluding hydrogens is 392 g/mol. The SMILES string of the molecule is Cc1ccc(CNC(=O)c2c(O)n(OCc3ccccc3)c(=O)c3ccccc23)cc1.